The van der Waals surface area contributed by atoms with E-state index in [-0.39, 0.29) is 11.9 Å². The van der Waals surface area contributed by atoms with Crippen LogP contribution in [0.5, 0.6) is 0 Å². The van der Waals surface area contributed by atoms with Crippen molar-refractivity contribution in [3.63, 3.8) is 0 Å². The molecule has 2 rings (SSSR count). The van der Waals surface area contributed by atoms with Gasteiger partial charge in [0.05, 0.1) is 5.02 Å². The number of nitrogens with one attached hydrogen (secondary N) is 1. The quantitative estimate of drug-likeness (QED) is 0.862. The second kappa shape index (κ2) is 7.29. The highest BCUT2D eigenvalue weighted by atomic mass is 35.5. The van der Waals surface area contributed by atoms with Crippen LogP contribution in [0.3, 0.4) is 0 Å². The lowest BCUT2D eigenvalue weighted by Gasteiger charge is -2.13. The van der Waals surface area contributed by atoms with E-state index in [0.717, 1.165) is 5.56 Å². The molecule has 3 N–H and O–H groups in total. The van der Waals surface area contributed by atoms with Gasteiger partial charge in [-0.15, -0.1) is 0 Å². The average molecular weight is 306 g/mol. The molecule has 21 heavy (non-hydrogen) atoms. The van der Waals surface area contributed by atoms with E-state index in [4.69, 9.17) is 17.3 Å². The topological polar surface area (TPSA) is 60.0 Å². The number of rotatable bonds is 6. The van der Waals surface area contributed by atoms with Gasteiger partial charge in [0.1, 0.15) is 5.69 Å². The molecule has 5 heteroatoms. The fourth-order valence-corrected chi connectivity index (χ4v) is 2.45. The lowest BCUT2D eigenvalue weighted by molar-refractivity contribution is 0.0943. The monoisotopic (exact) mass is 305 g/mol. The van der Waals surface area contributed by atoms with E-state index in [0.29, 0.717) is 30.2 Å². The molecule has 1 atom stereocenters. The minimum Gasteiger partial charge on any atom is -0.351 e. The van der Waals surface area contributed by atoms with Gasteiger partial charge in [-0.2, -0.15) is 0 Å². The minimum atomic E-state index is -0.121. The van der Waals surface area contributed by atoms with Crippen molar-refractivity contribution < 1.29 is 4.79 Å². The minimum absolute atomic E-state index is 0.0759. The highest BCUT2D eigenvalue weighted by Gasteiger charge is 2.12. The zero-order valence-corrected chi connectivity index (χ0v) is 12.8. The van der Waals surface area contributed by atoms with E-state index in [1.54, 1.807) is 12.3 Å². The third-order valence-corrected chi connectivity index (χ3v) is 3.61. The Balaban J connectivity index is 1.87. The number of hydrogen-bond acceptors (Lipinski definition) is 2. The van der Waals surface area contributed by atoms with E-state index in [1.165, 1.54) is 0 Å². The van der Waals surface area contributed by atoms with Gasteiger partial charge in [0.15, 0.2) is 0 Å². The Morgan fingerprint density at radius 3 is 2.76 bits per heavy atom. The Morgan fingerprint density at radius 2 is 2.10 bits per heavy atom. The summed E-state index contributed by atoms with van der Waals surface area (Å²) in [4.78, 5) is 12.1. The summed E-state index contributed by atoms with van der Waals surface area (Å²) < 4.78 is 1.83. The zero-order valence-electron chi connectivity index (χ0n) is 12.1. The molecule has 1 amide bonds. The second-order valence-corrected chi connectivity index (χ2v) is 5.33. The van der Waals surface area contributed by atoms with Gasteiger partial charge in [-0.1, -0.05) is 41.9 Å². The van der Waals surface area contributed by atoms with E-state index in [9.17, 15) is 4.79 Å². The normalized spacial score (nSPS) is 12.1. The number of benzene rings is 1. The molecule has 2 aromatic rings. The molecule has 0 aliphatic carbocycles. The maximum atomic E-state index is 12.1. The van der Waals surface area contributed by atoms with Crippen molar-refractivity contribution in [2.45, 2.75) is 25.9 Å². The summed E-state index contributed by atoms with van der Waals surface area (Å²) in [5.74, 6) is -0.121. The van der Waals surface area contributed by atoms with E-state index in [2.05, 4.69) is 5.32 Å². The lowest BCUT2D eigenvalue weighted by Crippen LogP contribution is -2.28. The van der Waals surface area contributed by atoms with Crippen molar-refractivity contribution in [1.29, 1.82) is 0 Å². The zero-order chi connectivity index (χ0) is 15.2. The number of carbonyl (C=O) groups is 1. The third-order valence-electron chi connectivity index (χ3n) is 3.41. The Labute approximate surface area is 129 Å². The summed E-state index contributed by atoms with van der Waals surface area (Å²) in [6, 6.07) is 11.5. The largest absolute Gasteiger partial charge is 0.351 e. The predicted molar refractivity (Wildman–Crippen MR) is 85.4 cm³/mol. The first kappa shape index (κ1) is 15.6. The van der Waals surface area contributed by atoms with E-state index < -0.39 is 0 Å². The van der Waals surface area contributed by atoms with Gasteiger partial charge in [0, 0.05) is 25.3 Å². The van der Waals surface area contributed by atoms with Crippen LogP contribution in [0.25, 0.3) is 0 Å². The van der Waals surface area contributed by atoms with Crippen molar-refractivity contribution >= 4 is 17.5 Å². The standard InChI is InChI=1S/C16H20ClN3O/c1-2-20-11-13(17)10-15(20)16(21)19-9-8-14(18)12-6-4-3-5-7-12/h3-7,10-11,14H,2,8-9,18H2,1H3,(H,19,21). The molecule has 0 saturated carbocycles. The molecular weight excluding hydrogens is 286 g/mol. The summed E-state index contributed by atoms with van der Waals surface area (Å²) in [6.45, 7) is 3.21. The molecule has 0 aliphatic heterocycles. The summed E-state index contributed by atoms with van der Waals surface area (Å²) in [5.41, 5.74) is 7.76. The first-order valence-electron chi connectivity index (χ1n) is 7.06. The molecule has 0 fully saturated rings. The summed E-state index contributed by atoms with van der Waals surface area (Å²) in [6.07, 6.45) is 2.45. The maximum absolute atomic E-state index is 12.1. The lowest BCUT2D eigenvalue weighted by atomic mass is 10.1. The highest BCUT2D eigenvalue weighted by Crippen LogP contribution is 2.15. The molecule has 0 aliphatic rings. The fraction of sp³-hybridized carbons (Fsp3) is 0.312. The van der Waals surface area contributed by atoms with Crippen LogP contribution in [0.2, 0.25) is 5.02 Å². The van der Waals surface area contributed by atoms with Crippen LogP contribution in [0.1, 0.15) is 35.4 Å². The van der Waals surface area contributed by atoms with Gasteiger partial charge in [0.25, 0.3) is 5.91 Å². The number of aromatic nitrogens is 1. The van der Waals surface area contributed by atoms with Gasteiger partial charge < -0.3 is 15.6 Å². The van der Waals surface area contributed by atoms with Crippen LogP contribution in [0.4, 0.5) is 0 Å². The van der Waals surface area contributed by atoms with Gasteiger partial charge in [-0.3, -0.25) is 4.79 Å². The van der Waals surface area contributed by atoms with Crippen molar-refractivity contribution in [3.8, 4) is 0 Å². The number of amides is 1. The molecule has 0 bridgehead atoms. The summed E-state index contributed by atoms with van der Waals surface area (Å²) >= 11 is 5.93. The molecule has 112 valence electrons. The van der Waals surface area contributed by atoms with Crippen LogP contribution in [-0.2, 0) is 6.54 Å². The van der Waals surface area contributed by atoms with Gasteiger partial charge in [-0.25, -0.2) is 0 Å². The van der Waals surface area contributed by atoms with Gasteiger partial charge in [0.2, 0.25) is 0 Å². The van der Waals surface area contributed by atoms with Crippen LogP contribution < -0.4 is 11.1 Å². The summed E-state index contributed by atoms with van der Waals surface area (Å²) in [5, 5.41) is 3.46. The second-order valence-electron chi connectivity index (χ2n) is 4.89. The van der Waals surface area contributed by atoms with Crippen molar-refractivity contribution in [1.82, 2.24) is 9.88 Å². The van der Waals surface area contributed by atoms with Gasteiger partial charge >= 0.3 is 0 Å². The number of halogens is 1. The molecule has 1 aromatic heterocycles. The Kier molecular flexibility index (Phi) is 5.42. The summed E-state index contributed by atoms with van der Waals surface area (Å²) in [7, 11) is 0. The maximum Gasteiger partial charge on any atom is 0.267 e. The Bertz CT molecular complexity index is 595. The first-order chi connectivity index (χ1) is 10.1. The molecule has 4 nitrogen and oxygen atoms in total. The van der Waals surface area contributed by atoms with Gasteiger partial charge in [-0.05, 0) is 25.0 Å². The molecular formula is C16H20ClN3O. The van der Waals surface area contributed by atoms with E-state index in [1.807, 2.05) is 41.8 Å². The smallest absolute Gasteiger partial charge is 0.267 e. The molecule has 0 saturated heterocycles. The molecule has 0 spiro atoms. The third kappa shape index (κ3) is 4.09. The van der Waals surface area contributed by atoms with E-state index >= 15 is 0 Å². The van der Waals surface area contributed by atoms with Crippen molar-refractivity contribution in [2.75, 3.05) is 6.54 Å². The molecule has 1 unspecified atom stereocenters. The SMILES string of the molecule is CCn1cc(Cl)cc1C(=O)NCCC(N)c1ccccc1. The number of hydrogen-bond donors (Lipinski definition) is 2. The molecule has 0 radical (unpaired) electrons. The van der Waals surface area contributed by atoms with Crippen LogP contribution in [-0.4, -0.2) is 17.0 Å². The van der Waals surface area contributed by atoms with Crippen LogP contribution in [0.15, 0.2) is 42.6 Å². The number of aryl methyl sites for hydroxylation is 1. The fourth-order valence-electron chi connectivity index (χ4n) is 2.23. The van der Waals surface area contributed by atoms with Crippen LogP contribution >= 0.6 is 11.6 Å². The Morgan fingerprint density at radius 1 is 1.38 bits per heavy atom. The average Bonchev–Trinajstić information content (AvgIpc) is 2.89. The first-order valence-corrected chi connectivity index (χ1v) is 7.44. The molecule has 1 aromatic carbocycles. The number of carbonyl (C=O) groups excluding carboxylic acids is 1. The van der Waals surface area contributed by atoms with Crippen molar-refractivity contribution in [2.24, 2.45) is 5.73 Å². The highest BCUT2D eigenvalue weighted by molar-refractivity contribution is 6.31. The van der Waals surface area contributed by atoms with Crippen LogP contribution in [0, 0.1) is 0 Å². The predicted octanol–water partition coefficient (Wildman–Crippen LogP) is 2.98. The van der Waals surface area contributed by atoms with Crippen molar-refractivity contribution in [3.05, 3.63) is 58.9 Å². The number of nitrogens with zero attached hydrogens (tertiary/aromatic N) is 1. The Hall–Kier alpha value is -1.78. The molecule has 1 heterocycles. The number of nitrogens with two attached hydrogens (primary N) is 1.